The van der Waals surface area contributed by atoms with Crippen molar-refractivity contribution < 1.29 is 17.9 Å². The van der Waals surface area contributed by atoms with Gasteiger partial charge in [0.25, 0.3) is 10.0 Å². The molecule has 2 aromatic carbocycles. The van der Waals surface area contributed by atoms with E-state index in [1.165, 1.54) is 12.1 Å². The second-order valence-corrected chi connectivity index (χ2v) is 7.77. The lowest BCUT2D eigenvalue weighted by atomic mass is 10.0. The van der Waals surface area contributed by atoms with Gasteiger partial charge in [0.1, 0.15) is 6.10 Å². The number of allylic oxidation sites excluding steroid dienone is 1. The Hall–Kier alpha value is -2.60. The average Bonchev–Trinajstić information content (AvgIpc) is 2.59. The molecule has 26 heavy (non-hydrogen) atoms. The number of benzene rings is 2. The van der Waals surface area contributed by atoms with Crippen molar-refractivity contribution in [1.82, 2.24) is 4.72 Å². The van der Waals surface area contributed by atoms with Crippen LogP contribution in [-0.4, -0.2) is 14.5 Å². The van der Waals surface area contributed by atoms with Crippen molar-refractivity contribution in [2.75, 3.05) is 0 Å². The molecule has 1 N–H and O–H groups in total. The van der Waals surface area contributed by atoms with Crippen molar-refractivity contribution in [1.29, 1.82) is 0 Å². The van der Waals surface area contributed by atoms with Crippen molar-refractivity contribution >= 4 is 16.1 Å². The summed E-state index contributed by atoms with van der Waals surface area (Å²) >= 11 is 0. The molecule has 1 unspecified atom stereocenters. The fraction of sp³-hybridized carbons (Fsp3) is 0.250. The first-order valence-corrected chi connectivity index (χ1v) is 9.77. The van der Waals surface area contributed by atoms with Crippen LogP contribution in [0.5, 0.6) is 0 Å². The van der Waals surface area contributed by atoms with Crippen LogP contribution in [0.1, 0.15) is 35.6 Å². The summed E-state index contributed by atoms with van der Waals surface area (Å²) < 4.78 is 32.0. The third-order valence-electron chi connectivity index (χ3n) is 3.88. The maximum atomic E-state index is 12.3. The van der Waals surface area contributed by atoms with Crippen molar-refractivity contribution in [2.45, 2.75) is 37.7 Å². The standard InChI is InChI=1S/C20H23NO4S/c1-4-5-6-19(17-11-7-15(2)8-12-17)25-20(22)21-26(23,24)18-13-9-16(3)10-14-18/h4,7-14,19H,1,5-6H2,2-3H3,(H,21,22). The second-order valence-electron chi connectivity index (χ2n) is 6.09. The number of hydrogen-bond acceptors (Lipinski definition) is 4. The van der Waals surface area contributed by atoms with Crippen molar-refractivity contribution in [3.63, 3.8) is 0 Å². The molecule has 0 aliphatic heterocycles. The van der Waals surface area contributed by atoms with Crippen molar-refractivity contribution in [2.24, 2.45) is 0 Å². The Kier molecular flexibility index (Phi) is 6.58. The lowest BCUT2D eigenvalue weighted by molar-refractivity contribution is 0.0982. The first-order chi connectivity index (χ1) is 12.3. The summed E-state index contributed by atoms with van der Waals surface area (Å²) in [5, 5.41) is 0. The van der Waals surface area contributed by atoms with Gasteiger partial charge < -0.3 is 4.74 Å². The summed E-state index contributed by atoms with van der Waals surface area (Å²) in [6, 6.07) is 13.8. The van der Waals surface area contributed by atoms with Gasteiger partial charge in [0.05, 0.1) is 4.90 Å². The summed E-state index contributed by atoms with van der Waals surface area (Å²) in [4.78, 5) is 12.2. The van der Waals surface area contributed by atoms with Gasteiger partial charge in [-0.3, -0.25) is 0 Å². The van der Waals surface area contributed by atoms with Crippen LogP contribution in [0.3, 0.4) is 0 Å². The highest BCUT2D eigenvalue weighted by molar-refractivity contribution is 7.90. The predicted molar refractivity (Wildman–Crippen MR) is 101 cm³/mol. The summed E-state index contributed by atoms with van der Waals surface area (Å²) in [6.45, 7) is 7.49. The molecule has 2 rings (SSSR count). The number of carbonyl (C=O) groups excluding carboxylic acids is 1. The first-order valence-electron chi connectivity index (χ1n) is 8.29. The maximum absolute atomic E-state index is 12.3. The minimum atomic E-state index is -3.98. The molecule has 2 aromatic rings. The molecule has 0 saturated heterocycles. The number of carbonyl (C=O) groups is 1. The van der Waals surface area contributed by atoms with E-state index in [1.807, 2.05) is 42.8 Å². The lowest BCUT2D eigenvalue weighted by Gasteiger charge is -2.18. The van der Waals surface area contributed by atoms with E-state index in [9.17, 15) is 13.2 Å². The molecule has 0 fully saturated rings. The van der Waals surface area contributed by atoms with Crippen LogP contribution < -0.4 is 4.72 Å². The Labute approximate surface area is 154 Å². The van der Waals surface area contributed by atoms with E-state index in [2.05, 4.69) is 6.58 Å². The normalized spacial score (nSPS) is 12.2. The number of ether oxygens (including phenoxy) is 1. The Morgan fingerprint density at radius 3 is 2.15 bits per heavy atom. The van der Waals surface area contributed by atoms with E-state index in [-0.39, 0.29) is 4.90 Å². The zero-order valence-electron chi connectivity index (χ0n) is 14.9. The fourth-order valence-electron chi connectivity index (χ4n) is 2.38. The van der Waals surface area contributed by atoms with Gasteiger partial charge in [-0.2, -0.15) is 0 Å². The molecule has 0 heterocycles. The lowest BCUT2D eigenvalue weighted by Crippen LogP contribution is -2.32. The molecule has 0 spiro atoms. The molecule has 0 saturated carbocycles. The first kappa shape index (κ1) is 19.7. The third kappa shape index (κ3) is 5.46. The van der Waals surface area contributed by atoms with E-state index in [4.69, 9.17) is 4.74 Å². The maximum Gasteiger partial charge on any atom is 0.421 e. The fourth-order valence-corrected chi connectivity index (χ4v) is 3.26. The van der Waals surface area contributed by atoms with Gasteiger partial charge in [-0.05, 0) is 44.4 Å². The van der Waals surface area contributed by atoms with Crippen LogP contribution in [0.4, 0.5) is 4.79 Å². The monoisotopic (exact) mass is 373 g/mol. The minimum absolute atomic E-state index is 0.0121. The molecular formula is C20H23NO4S. The van der Waals surface area contributed by atoms with E-state index in [0.29, 0.717) is 12.8 Å². The molecule has 5 nitrogen and oxygen atoms in total. The Balaban J connectivity index is 2.12. The number of amides is 1. The molecule has 1 amide bonds. The summed E-state index contributed by atoms with van der Waals surface area (Å²) in [5.74, 6) is 0. The number of rotatable bonds is 7. The molecular weight excluding hydrogens is 350 g/mol. The number of sulfonamides is 1. The van der Waals surface area contributed by atoms with Gasteiger partial charge in [-0.25, -0.2) is 17.9 Å². The third-order valence-corrected chi connectivity index (χ3v) is 5.21. The van der Waals surface area contributed by atoms with Gasteiger partial charge in [0.2, 0.25) is 0 Å². The largest absolute Gasteiger partial charge is 0.441 e. The van der Waals surface area contributed by atoms with Crippen LogP contribution in [0.25, 0.3) is 0 Å². The number of nitrogens with one attached hydrogen (secondary N) is 1. The summed E-state index contributed by atoms with van der Waals surface area (Å²) in [5.41, 5.74) is 2.82. The highest BCUT2D eigenvalue weighted by Gasteiger charge is 2.22. The SMILES string of the molecule is C=CCCC(OC(=O)NS(=O)(=O)c1ccc(C)cc1)c1ccc(C)cc1. The van der Waals surface area contributed by atoms with Gasteiger partial charge in [-0.15, -0.1) is 6.58 Å². The quantitative estimate of drug-likeness (QED) is 0.729. The average molecular weight is 373 g/mol. The molecule has 138 valence electrons. The highest BCUT2D eigenvalue weighted by atomic mass is 32.2. The zero-order chi connectivity index (χ0) is 19.2. The molecule has 1 atom stereocenters. The Morgan fingerprint density at radius 1 is 1.08 bits per heavy atom. The van der Waals surface area contributed by atoms with E-state index < -0.39 is 22.2 Å². The smallest absolute Gasteiger partial charge is 0.421 e. The van der Waals surface area contributed by atoms with Gasteiger partial charge in [0, 0.05) is 0 Å². The van der Waals surface area contributed by atoms with Gasteiger partial charge >= 0.3 is 6.09 Å². The van der Waals surface area contributed by atoms with Gasteiger partial charge in [0.15, 0.2) is 0 Å². The number of aryl methyl sites for hydroxylation is 2. The topological polar surface area (TPSA) is 72.5 Å². The summed E-state index contributed by atoms with van der Waals surface area (Å²) in [7, 11) is -3.98. The van der Waals surface area contributed by atoms with Crippen LogP contribution >= 0.6 is 0 Å². The number of hydrogen-bond donors (Lipinski definition) is 1. The minimum Gasteiger partial charge on any atom is -0.441 e. The van der Waals surface area contributed by atoms with E-state index >= 15 is 0 Å². The highest BCUT2D eigenvalue weighted by Crippen LogP contribution is 2.24. The Bertz CT molecular complexity index is 856. The molecule has 0 aromatic heterocycles. The summed E-state index contributed by atoms with van der Waals surface area (Å²) in [6.07, 6.45) is 1.33. The van der Waals surface area contributed by atoms with E-state index in [0.717, 1.165) is 16.7 Å². The molecule has 6 heteroatoms. The molecule has 0 radical (unpaired) electrons. The van der Waals surface area contributed by atoms with Crippen LogP contribution in [-0.2, 0) is 14.8 Å². The van der Waals surface area contributed by atoms with Crippen molar-refractivity contribution in [3.05, 3.63) is 77.9 Å². The van der Waals surface area contributed by atoms with Gasteiger partial charge in [-0.1, -0.05) is 53.6 Å². The molecule has 0 aliphatic carbocycles. The van der Waals surface area contributed by atoms with Crippen LogP contribution in [0.15, 0.2) is 66.1 Å². The zero-order valence-corrected chi connectivity index (χ0v) is 15.8. The Morgan fingerprint density at radius 2 is 1.62 bits per heavy atom. The van der Waals surface area contributed by atoms with Crippen LogP contribution in [0, 0.1) is 13.8 Å². The van der Waals surface area contributed by atoms with Crippen molar-refractivity contribution in [3.8, 4) is 0 Å². The molecule has 0 aliphatic rings. The molecule has 0 bridgehead atoms. The van der Waals surface area contributed by atoms with Crippen LogP contribution in [0.2, 0.25) is 0 Å². The predicted octanol–water partition coefficient (Wildman–Crippen LogP) is 4.43. The second kappa shape index (κ2) is 8.67. The van der Waals surface area contributed by atoms with E-state index in [1.54, 1.807) is 18.2 Å².